The summed E-state index contributed by atoms with van der Waals surface area (Å²) >= 11 is 6.13. The Labute approximate surface area is 238 Å². The average Bonchev–Trinajstić information content (AvgIpc) is 3.61. The summed E-state index contributed by atoms with van der Waals surface area (Å²) in [6.07, 6.45) is -0.285. The van der Waals surface area contributed by atoms with Crippen LogP contribution >= 0.6 is 18.5 Å². The number of hydrogen-bond donors (Lipinski definition) is 4. The molecule has 41 heavy (non-hydrogen) atoms. The van der Waals surface area contributed by atoms with Gasteiger partial charge in [0.25, 0.3) is 5.56 Å². The number of aromatic amines is 1. The largest absolute Gasteiger partial charge is 0.382 e. The maximum Gasteiger partial charge on any atom is 0.325 e. The highest BCUT2D eigenvalue weighted by atomic mass is 32.5. The molecule has 7 rings (SSSR count). The van der Waals surface area contributed by atoms with Gasteiger partial charge in [-0.25, -0.2) is 28.7 Å². The van der Waals surface area contributed by atoms with Crippen molar-refractivity contribution >= 4 is 64.4 Å². The predicted octanol–water partition coefficient (Wildman–Crippen LogP) is 1.69. The van der Waals surface area contributed by atoms with E-state index in [1.165, 1.54) is 28.1 Å². The lowest BCUT2D eigenvalue weighted by Crippen LogP contribution is -2.52. The van der Waals surface area contributed by atoms with Crippen molar-refractivity contribution in [3.8, 4) is 0 Å². The second-order valence-corrected chi connectivity index (χ2v) is 14.2. The topological polar surface area (TPSA) is 207 Å². The van der Waals surface area contributed by atoms with Crippen molar-refractivity contribution in [3.05, 3.63) is 29.3 Å². The molecule has 3 aliphatic heterocycles. The van der Waals surface area contributed by atoms with Gasteiger partial charge in [0.1, 0.15) is 23.3 Å². The zero-order valence-electron chi connectivity index (χ0n) is 20.9. The Kier molecular flexibility index (Phi) is 6.35. The van der Waals surface area contributed by atoms with Crippen molar-refractivity contribution in [3.63, 3.8) is 0 Å². The van der Waals surface area contributed by atoms with E-state index in [9.17, 15) is 9.69 Å². The number of rotatable bonds is 2. The first kappa shape index (κ1) is 27.1. The molecule has 0 spiro atoms. The molecule has 8 atom stereocenters. The first-order valence-electron chi connectivity index (χ1n) is 12.5. The summed E-state index contributed by atoms with van der Waals surface area (Å²) in [5.74, 6) is -0.693. The van der Waals surface area contributed by atoms with E-state index in [1.807, 2.05) is 0 Å². The number of nitrogen functional groups attached to an aromatic ring is 2. The molecule has 218 valence electrons. The van der Waals surface area contributed by atoms with E-state index < -0.39 is 53.2 Å². The maximum atomic E-state index is 16.3. The summed E-state index contributed by atoms with van der Waals surface area (Å²) in [4.78, 5) is 46.0. The van der Waals surface area contributed by atoms with Crippen LogP contribution in [0.4, 0.5) is 20.5 Å². The molecule has 0 aromatic carbocycles. The predicted molar refractivity (Wildman–Crippen MR) is 146 cm³/mol. The fourth-order valence-corrected chi connectivity index (χ4v) is 8.60. The van der Waals surface area contributed by atoms with Gasteiger partial charge in [0.2, 0.25) is 5.95 Å². The van der Waals surface area contributed by atoms with E-state index in [-0.39, 0.29) is 48.8 Å². The molecule has 0 radical (unpaired) electrons. The minimum absolute atomic E-state index is 0.0147. The number of alkyl halides is 2. The summed E-state index contributed by atoms with van der Waals surface area (Å²) in [6.45, 7) is -4.33. The van der Waals surface area contributed by atoms with Gasteiger partial charge in [-0.2, -0.15) is 4.98 Å². The van der Waals surface area contributed by atoms with Gasteiger partial charge in [0, 0.05) is 5.92 Å². The van der Waals surface area contributed by atoms with E-state index in [4.69, 9.17) is 37.1 Å². The second-order valence-electron chi connectivity index (χ2n) is 10.0. The summed E-state index contributed by atoms with van der Waals surface area (Å²) in [6, 6.07) is 0. The van der Waals surface area contributed by atoms with Crippen molar-refractivity contribution in [2.24, 2.45) is 5.92 Å². The normalized spacial score (nSPS) is 36.0. The molecular weight excluding hydrogens is 605 g/mol. The highest BCUT2D eigenvalue weighted by Gasteiger charge is 2.60. The fourth-order valence-electron chi connectivity index (χ4n) is 5.61. The smallest absolute Gasteiger partial charge is 0.325 e. The standard InChI is InChI=1S/C21H23F2N10O5PS2/c22-10-8-2-1-3-21(23)13(19(41-21)33-7-29-12-16(33)30-20(25)31-17(12)34)38-39(35,40)36-4-9(8)37-18(10)32-6-28-11-14(24)26-5-27-15(11)32/h5-10,13,18-19H,1-4H2,(H,35,40)(H2,24,26,27)(H3,25,30,31,34)/t8-,9-,10+,13+,18-,19-,21+,39?/m1/s1. The van der Waals surface area contributed by atoms with Crippen LogP contribution in [0.25, 0.3) is 22.3 Å². The van der Waals surface area contributed by atoms with E-state index in [2.05, 4.69) is 29.9 Å². The average molecular weight is 629 g/mol. The third-order valence-electron chi connectivity index (χ3n) is 7.56. The second kappa shape index (κ2) is 9.62. The molecule has 0 aliphatic carbocycles. The molecule has 20 heteroatoms. The monoisotopic (exact) mass is 628 g/mol. The Morgan fingerprint density at radius 2 is 1.98 bits per heavy atom. The number of H-pyrrole nitrogens is 1. The van der Waals surface area contributed by atoms with Gasteiger partial charge in [-0.1, -0.05) is 11.8 Å². The minimum atomic E-state index is -4.05. The van der Waals surface area contributed by atoms with Gasteiger partial charge >= 0.3 is 6.72 Å². The van der Waals surface area contributed by atoms with Gasteiger partial charge in [-0.3, -0.25) is 23.4 Å². The molecule has 4 aromatic heterocycles. The van der Waals surface area contributed by atoms with Crippen molar-refractivity contribution in [1.29, 1.82) is 0 Å². The van der Waals surface area contributed by atoms with E-state index in [0.717, 1.165) is 11.8 Å². The number of thioether (sulfide) groups is 1. The third kappa shape index (κ3) is 4.41. The third-order valence-corrected chi connectivity index (χ3v) is 10.7. The number of nitrogens with one attached hydrogen (secondary N) is 1. The van der Waals surface area contributed by atoms with E-state index in [1.54, 1.807) is 0 Å². The van der Waals surface area contributed by atoms with E-state index >= 15 is 8.78 Å². The van der Waals surface area contributed by atoms with Crippen LogP contribution in [0, 0.1) is 5.92 Å². The molecule has 0 bridgehead atoms. The number of hydrogen-bond acceptors (Lipinski definition) is 13. The van der Waals surface area contributed by atoms with Crippen LogP contribution in [0.2, 0.25) is 0 Å². The summed E-state index contributed by atoms with van der Waals surface area (Å²) < 4.78 is 52.5. The maximum absolute atomic E-state index is 16.3. The molecule has 3 saturated heterocycles. The quantitative estimate of drug-likeness (QED) is 0.233. The Hall–Kier alpha value is -2.80. The molecular formula is C21H23F2N10O5PS2. The SMILES string of the molecule is Nc1nc2c(ncn2[C@@H]2S[C@@]3(F)CCC[C@H]4[C@H](F)[C@H](n5cnc6c(N)ncnc65)O[C@@H]4COP(O)(=S)O[C@@H]23)c(=O)[nH]1. The number of fused-ring (bicyclic) bond motifs is 4. The molecule has 3 fully saturated rings. The fraction of sp³-hybridized carbons (Fsp3) is 0.524. The first-order valence-corrected chi connectivity index (χ1v) is 16.0. The van der Waals surface area contributed by atoms with Gasteiger partial charge in [-0.05, 0) is 31.1 Å². The van der Waals surface area contributed by atoms with Crippen molar-refractivity contribution in [1.82, 2.24) is 39.0 Å². The number of nitrogens with zero attached hydrogens (tertiary/aromatic N) is 7. The minimum Gasteiger partial charge on any atom is -0.382 e. The van der Waals surface area contributed by atoms with Crippen LogP contribution in [0.3, 0.4) is 0 Å². The Balaban J connectivity index is 1.15. The number of nitrogens with two attached hydrogens (primary N) is 2. The summed E-state index contributed by atoms with van der Waals surface area (Å²) in [5.41, 5.74) is 11.8. The number of halogens is 2. The molecule has 1 unspecified atom stereocenters. The van der Waals surface area contributed by atoms with Crippen LogP contribution in [0.5, 0.6) is 0 Å². The van der Waals surface area contributed by atoms with Crippen molar-refractivity contribution in [2.45, 2.75) is 54.2 Å². The van der Waals surface area contributed by atoms with Crippen LogP contribution in [0.15, 0.2) is 23.8 Å². The van der Waals surface area contributed by atoms with Crippen molar-refractivity contribution in [2.75, 3.05) is 18.1 Å². The molecule has 0 saturated carbocycles. The van der Waals surface area contributed by atoms with Gasteiger partial charge < -0.3 is 25.6 Å². The molecule has 6 N–H and O–H groups in total. The highest BCUT2D eigenvalue weighted by Crippen LogP contribution is 2.64. The van der Waals surface area contributed by atoms with Crippen LogP contribution in [-0.4, -0.2) is 73.9 Å². The van der Waals surface area contributed by atoms with Gasteiger partial charge in [0.15, 0.2) is 40.0 Å². The number of ether oxygens (including phenoxy) is 1. The Bertz CT molecular complexity index is 1770. The number of imidazole rings is 2. The zero-order valence-corrected chi connectivity index (χ0v) is 23.4. The molecule has 15 nitrogen and oxygen atoms in total. The lowest BCUT2D eigenvalue weighted by atomic mass is 9.91. The van der Waals surface area contributed by atoms with E-state index in [0.29, 0.717) is 11.2 Å². The Morgan fingerprint density at radius 3 is 2.80 bits per heavy atom. The molecule has 3 aliphatic rings. The lowest BCUT2D eigenvalue weighted by Gasteiger charge is -2.49. The van der Waals surface area contributed by atoms with Crippen molar-refractivity contribution < 1.29 is 27.5 Å². The zero-order chi connectivity index (χ0) is 28.7. The molecule has 7 heterocycles. The first-order chi connectivity index (χ1) is 19.5. The summed E-state index contributed by atoms with van der Waals surface area (Å²) in [5, 5.41) is -2.78. The van der Waals surface area contributed by atoms with Crippen LogP contribution < -0.4 is 17.0 Å². The lowest BCUT2D eigenvalue weighted by molar-refractivity contribution is -0.0402. The number of anilines is 2. The van der Waals surface area contributed by atoms with Crippen LogP contribution in [-0.2, 0) is 25.6 Å². The van der Waals surface area contributed by atoms with Gasteiger partial charge in [0.05, 0.1) is 25.4 Å². The Morgan fingerprint density at radius 1 is 1.20 bits per heavy atom. The molecule has 4 aromatic rings. The highest BCUT2D eigenvalue weighted by molar-refractivity contribution is 8.07. The van der Waals surface area contributed by atoms with Crippen LogP contribution in [0.1, 0.15) is 30.9 Å². The molecule has 0 amide bonds. The summed E-state index contributed by atoms with van der Waals surface area (Å²) in [7, 11) is 0. The number of aromatic nitrogens is 8. The van der Waals surface area contributed by atoms with Gasteiger partial charge in [-0.15, -0.1) is 0 Å².